The Kier molecular flexibility index (Phi) is 3.84. The van der Waals surface area contributed by atoms with Crippen LogP contribution >= 0.6 is 11.6 Å². The predicted octanol–water partition coefficient (Wildman–Crippen LogP) is 2.49. The smallest absolute Gasteiger partial charge is 0.421 e. The minimum absolute atomic E-state index is 0.105. The molecule has 0 aromatic heterocycles. The molecule has 14 heavy (non-hydrogen) atoms. The zero-order valence-electron chi connectivity index (χ0n) is 7.20. The molecule has 0 radical (unpaired) electrons. The second-order valence-corrected chi connectivity index (χ2v) is 2.74. The molecule has 0 heterocycles. The Hall–Kier alpha value is -1.66. The van der Waals surface area contributed by atoms with Crippen molar-refractivity contribution in [3.8, 4) is 18.1 Å². The van der Waals surface area contributed by atoms with Gasteiger partial charge in [0, 0.05) is 5.02 Å². The number of carbonyl (C=O) groups excluding carboxylic acids is 1. The zero-order valence-corrected chi connectivity index (χ0v) is 7.95. The molecule has 0 aliphatic heterocycles. The van der Waals surface area contributed by atoms with E-state index >= 15 is 0 Å². The highest BCUT2D eigenvalue weighted by Crippen LogP contribution is 2.15. The Morgan fingerprint density at radius 2 is 2.07 bits per heavy atom. The molecule has 0 unspecified atom stereocenters. The lowest BCUT2D eigenvalue weighted by atomic mass is 10.3. The number of carbonyl (C=O) groups is 1. The largest absolute Gasteiger partial charge is 0.514 e. The summed E-state index contributed by atoms with van der Waals surface area (Å²) in [6.07, 6.45) is 4.06. The van der Waals surface area contributed by atoms with Gasteiger partial charge in [0.1, 0.15) is 5.75 Å². The lowest BCUT2D eigenvalue weighted by Gasteiger charge is -2.02. The molecule has 1 aromatic carbocycles. The first-order valence-electron chi connectivity index (χ1n) is 3.76. The van der Waals surface area contributed by atoms with Crippen molar-refractivity contribution in [2.24, 2.45) is 0 Å². The number of hydrogen-bond acceptors (Lipinski definition) is 3. The van der Waals surface area contributed by atoms with Crippen LogP contribution in [0.2, 0.25) is 5.02 Å². The van der Waals surface area contributed by atoms with E-state index in [9.17, 15) is 4.79 Å². The summed E-state index contributed by atoms with van der Waals surface area (Å²) in [4.78, 5) is 10.9. The van der Waals surface area contributed by atoms with Crippen molar-refractivity contribution in [2.75, 3.05) is 6.61 Å². The summed E-state index contributed by atoms with van der Waals surface area (Å²) in [5.41, 5.74) is 0. The van der Waals surface area contributed by atoms with E-state index in [-0.39, 0.29) is 6.61 Å². The van der Waals surface area contributed by atoms with Crippen LogP contribution in [0.4, 0.5) is 4.79 Å². The molecule has 0 saturated carbocycles. The van der Waals surface area contributed by atoms with E-state index in [2.05, 4.69) is 10.7 Å². The molecule has 0 aliphatic rings. The summed E-state index contributed by atoms with van der Waals surface area (Å²) in [5.74, 6) is 2.51. The van der Waals surface area contributed by atoms with Crippen LogP contribution < -0.4 is 4.74 Å². The summed E-state index contributed by atoms with van der Waals surface area (Å²) in [5, 5.41) is 0.564. The molecule has 0 N–H and O–H groups in total. The van der Waals surface area contributed by atoms with Crippen molar-refractivity contribution in [1.29, 1.82) is 0 Å². The minimum Gasteiger partial charge on any atom is -0.421 e. The van der Waals surface area contributed by atoms with Crippen LogP contribution in [0.5, 0.6) is 5.75 Å². The maximum atomic E-state index is 10.9. The van der Waals surface area contributed by atoms with Gasteiger partial charge in [-0.2, -0.15) is 0 Å². The Balaban J connectivity index is 2.49. The quantitative estimate of drug-likeness (QED) is 0.427. The molecule has 0 amide bonds. The van der Waals surface area contributed by atoms with Gasteiger partial charge in [-0.1, -0.05) is 17.5 Å². The van der Waals surface area contributed by atoms with Crippen molar-refractivity contribution in [1.82, 2.24) is 0 Å². The second-order valence-electron chi connectivity index (χ2n) is 2.30. The summed E-state index contributed by atoms with van der Waals surface area (Å²) in [6.45, 7) is -0.105. The van der Waals surface area contributed by atoms with Gasteiger partial charge in [-0.15, -0.1) is 6.42 Å². The number of terminal acetylenes is 1. The molecule has 0 bridgehead atoms. The van der Waals surface area contributed by atoms with E-state index in [1.165, 1.54) is 0 Å². The van der Waals surface area contributed by atoms with E-state index in [1.54, 1.807) is 24.3 Å². The van der Waals surface area contributed by atoms with Crippen LogP contribution in [0.15, 0.2) is 24.3 Å². The van der Waals surface area contributed by atoms with Crippen LogP contribution in [0.25, 0.3) is 0 Å². The molecule has 1 aromatic rings. The van der Waals surface area contributed by atoms with Crippen molar-refractivity contribution < 1.29 is 14.3 Å². The Morgan fingerprint density at radius 1 is 1.43 bits per heavy atom. The van der Waals surface area contributed by atoms with E-state index in [0.29, 0.717) is 10.8 Å². The lowest BCUT2D eigenvalue weighted by molar-refractivity contribution is 0.111. The third-order valence-electron chi connectivity index (χ3n) is 1.29. The fraction of sp³-hybridized carbons (Fsp3) is 0.100. The van der Waals surface area contributed by atoms with Gasteiger partial charge in [-0.3, -0.25) is 0 Å². The fourth-order valence-electron chi connectivity index (χ4n) is 0.729. The molecular formula is C10H7ClO3. The first kappa shape index (κ1) is 10.4. The normalized spacial score (nSPS) is 8.86. The highest BCUT2D eigenvalue weighted by atomic mass is 35.5. The predicted molar refractivity (Wildman–Crippen MR) is 52.3 cm³/mol. The van der Waals surface area contributed by atoms with Gasteiger partial charge < -0.3 is 9.47 Å². The summed E-state index contributed by atoms with van der Waals surface area (Å²) < 4.78 is 9.25. The molecule has 0 saturated heterocycles. The van der Waals surface area contributed by atoms with Gasteiger partial charge >= 0.3 is 6.16 Å². The van der Waals surface area contributed by atoms with E-state index in [0.717, 1.165) is 0 Å². The van der Waals surface area contributed by atoms with Crippen LogP contribution in [-0.2, 0) is 4.74 Å². The first-order valence-corrected chi connectivity index (χ1v) is 4.14. The third kappa shape index (κ3) is 3.38. The van der Waals surface area contributed by atoms with Crippen molar-refractivity contribution in [2.45, 2.75) is 0 Å². The van der Waals surface area contributed by atoms with Gasteiger partial charge in [0.25, 0.3) is 0 Å². The number of benzene rings is 1. The number of hydrogen-bond donors (Lipinski definition) is 0. The molecule has 0 atom stereocenters. The van der Waals surface area contributed by atoms with Crippen LogP contribution in [-0.4, -0.2) is 12.8 Å². The Bertz CT molecular complexity index is 351. The molecule has 3 nitrogen and oxygen atoms in total. The maximum absolute atomic E-state index is 10.9. The molecule has 0 spiro atoms. The Morgan fingerprint density at radius 3 is 2.64 bits per heavy atom. The summed E-state index contributed by atoms with van der Waals surface area (Å²) in [7, 11) is 0. The van der Waals surface area contributed by atoms with Gasteiger partial charge in [-0.05, 0) is 24.3 Å². The maximum Gasteiger partial charge on any atom is 0.514 e. The van der Waals surface area contributed by atoms with Gasteiger partial charge in [-0.25, -0.2) is 4.79 Å². The minimum atomic E-state index is -0.828. The van der Waals surface area contributed by atoms with Crippen LogP contribution in [0.1, 0.15) is 0 Å². The van der Waals surface area contributed by atoms with Gasteiger partial charge in [0.2, 0.25) is 0 Å². The third-order valence-corrected chi connectivity index (χ3v) is 1.54. The van der Waals surface area contributed by atoms with Crippen molar-refractivity contribution >= 4 is 17.8 Å². The number of halogens is 1. The highest BCUT2D eigenvalue weighted by Gasteiger charge is 2.04. The first-order chi connectivity index (χ1) is 6.72. The molecule has 0 fully saturated rings. The van der Waals surface area contributed by atoms with Gasteiger partial charge in [0.15, 0.2) is 6.61 Å². The molecule has 0 aliphatic carbocycles. The summed E-state index contributed by atoms with van der Waals surface area (Å²) in [6, 6.07) is 6.32. The number of rotatable bonds is 2. The van der Waals surface area contributed by atoms with E-state index in [4.69, 9.17) is 22.8 Å². The summed E-state index contributed by atoms with van der Waals surface area (Å²) >= 11 is 5.63. The fourth-order valence-corrected chi connectivity index (χ4v) is 0.855. The Labute approximate surface area is 86.6 Å². The van der Waals surface area contributed by atoms with E-state index in [1.807, 2.05) is 0 Å². The second kappa shape index (κ2) is 5.15. The number of ether oxygens (including phenoxy) is 2. The van der Waals surface area contributed by atoms with Crippen molar-refractivity contribution in [3.05, 3.63) is 29.3 Å². The molecular weight excluding hydrogens is 204 g/mol. The lowest BCUT2D eigenvalue weighted by Crippen LogP contribution is -2.10. The molecule has 72 valence electrons. The van der Waals surface area contributed by atoms with E-state index < -0.39 is 6.16 Å². The topological polar surface area (TPSA) is 35.5 Å². The standard InChI is InChI=1S/C10H7ClO3/c1-2-7-13-10(12)14-9-5-3-8(11)4-6-9/h1,3-6H,7H2. The average Bonchev–Trinajstić information content (AvgIpc) is 2.18. The average molecular weight is 211 g/mol. The van der Waals surface area contributed by atoms with Crippen LogP contribution in [0.3, 0.4) is 0 Å². The van der Waals surface area contributed by atoms with Crippen molar-refractivity contribution in [3.63, 3.8) is 0 Å². The van der Waals surface area contributed by atoms with Crippen LogP contribution in [0, 0.1) is 12.3 Å². The van der Waals surface area contributed by atoms with Gasteiger partial charge in [0.05, 0.1) is 0 Å². The molecule has 1 rings (SSSR count). The highest BCUT2D eigenvalue weighted by molar-refractivity contribution is 6.30. The molecule has 4 heteroatoms. The monoisotopic (exact) mass is 210 g/mol. The zero-order chi connectivity index (χ0) is 10.4. The SMILES string of the molecule is C#CCOC(=O)Oc1ccc(Cl)cc1.